The fourth-order valence-corrected chi connectivity index (χ4v) is 3.08. The number of aromatic nitrogens is 4. The molecule has 1 amide bonds. The van der Waals surface area contributed by atoms with Crippen molar-refractivity contribution in [3.63, 3.8) is 0 Å². The van der Waals surface area contributed by atoms with Gasteiger partial charge in [0.05, 0.1) is 0 Å². The molecule has 10 heteroatoms. The molecule has 2 aromatic heterocycles. The van der Waals surface area contributed by atoms with E-state index < -0.39 is 12.0 Å². The average molecular weight is 356 g/mol. The van der Waals surface area contributed by atoms with Gasteiger partial charge in [-0.15, -0.1) is 0 Å². The monoisotopic (exact) mass is 356 g/mol. The minimum atomic E-state index is -4.56. The van der Waals surface area contributed by atoms with E-state index in [1.807, 2.05) is 0 Å². The third-order valence-corrected chi connectivity index (χ3v) is 4.29. The van der Waals surface area contributed by atoms with Crippen LogP contribution in [0.2, 0.25) is 0 Å². The number of likely N-dealkylation sites (tertiary alicyclic amines) is 1. The number of hydrogen-bond acceptors (Lipinski definition) is 5. The summed E-state index contributed by atoms with van der Waals surface area (Å²) in [5.74, 6) is -0.659. The summed E-state index contributed by atoms with van der Waals surface area (Å²) in [5.41, 5.74) is 0.240. The van der Waals surface area contributed by atoms with Crippen LogP contribution in [0.25, 0.3) is 11.2 Å². The molecule has 3 rings (SSSR count). The number of fused-ring (bicyclic) bond motifs is 1. The molecule has 1 aliphatic heterocycles. The molecule has 0 saturated carbocycles. The van der Waals surface area contributed by atoms with Gasteiger partial charge in [-0.3, -0.25) is 4.79 Å². The van der Waals surface area contributed by atoms with Gasteiger partial charge in [0.1, 0.15) is 6.33 Å². The van der Waals surface area contributed by atoms with E-state index in [2.05, 4.69) is 20.3 Å². The molecule has 0 spiro atoms. The lowest BCUT2D eigenvalue weighted by Crippen LogP contribution is -2.31. The van der Waals surface area contributed by atoms with Crippen LogP contribution in [-0.2, 0) is 17.5 Å². The molecule has 136 valence electrons. The lowest BCUT2D eigenvalue weighted by atomic mass is 10.2. The molecule has 0 aliphatic carbocycles. The number of alkyl halides is 3. The van der Waals surface area contributed by atoms with Crippen LogP contribution in [0.5, 0.6) is 0 Å². The summed E-state index contributed by atoms with van der Waals surface area (Å²) < 4.78 is 40.6. The highest BCUT2D eigenvalue weighted by Crippen LogP contribution is 2.32. The Morgan fingerprint density at radius 3 is 2.76 bits per heavy atom. The van der Waals surface area contributed by atoms with E-state index in [9.17, 15) is 18.0 Å². The summed E-state index contributed by atoms with van der Waals surface area (Å²) in [7, 11) is 0. The number of nitrogens with zero attached hydrogens (tertiary/aromatic N) is 5. The topological polar surface area (TPSA) is 75.9 Å². The van der Waals surface area contributed by atoms with E-state index in [4.69, 9.17) is 0 Å². The average Bonchev–Trinajstić information content (AvgIpc) is 3.18. The van der Waals surface area contributed by atoms with Crippen molar-refractivity contribution in [3.8, 4) is 0 Å². The van der Waals surface area contributed by atoms with Crippen molar-refractivity contribution in [3.05, 3.63) is 12.2 Å². The molecule has 1 aliphatic rings. The van der Waals surface area contributed by atoms with Crippen LogP contribution < -0.4 is 5.32 Å². The molecule has 7 nitrogen and oxygen atoms in total. The van der Waals surface area contributed by atoms with Crippen LogP contribution in [-0.4, -0.2) is 49.5 Å². The zero-order valence-corrected chi connectivity index (χ0v) is 14.0. The Bertz CT molecular complexity index is 787. The second-order valence-corrected chi connectivity index (χ2v) is 5.90. The summed E-state index contributed by atoms with van der Waals surface area (Å²) in [6.45, 7) is 4.63. The third-order valence-electron chi connectivity index (χ3n) is 4.29. The fourth-order valence-electron chi connectivity index (χ4n) is 3.08. The van der Waals surface area contributed by atoms with E-state index in [1.54, 1.807) is 18.7 Å². The first-order valence-electron chi connectivity index (χ1n) is 8.17. The van der Waals surface area contributed by atoms with Gasteiger partial charge >= 0.3 is 6.18 Å². The molecule has 0 aromatic carbocycles. The summed E-state index contributed by atoms with van der Waals surface area (Å²) in [4.78, 5) is 25.3. The van der Waals surface area contributed by atoms with Crippen LogP contribution in [0.3, 0.4) is 0 Å². The molecule has 1 fully saturated rings. The van der Waals surface area contributed by atoms with Gasteiger partial charge in [-0.25, -0.2) is 15.0 Å². The van der Waals surface area contributed by atoms with Crippen LogP contribution in [0.1, 0.15) is 32.5 Å². The minimum absolute atomic E-state index is 0.0618. The number of aryl methyl sites for hydroxylation is 1. The van der Waals surface area contributed by atoms with Crippen molar-refractivity contribution in [2.45, 2.75) is 45.5 Å². The first-order chi connectivity index (χ1) is 11.8. The first-order valence-corrected chi connectivity index (χ1v) is 8.17. The molecule has 2 aromatic rings. The van der Waals surface area contributed by atoms with Crippen LogP contribution >= 0.6 is 0 Å². The van der Waals surface area contributed by atoms with E-state index in [-0.39, 0.29) is 35.5 Å². The van der Waals surface area contributed by atoms with E-state index in [0.29, 0.717) is 25.9 Å². The summed E-state index contributed by atoms with van der Waals surface area (Å²) in [6.07, 6.45) is -2.20. The highest BCUT2D eigenvalue weighted by atomic mass is 19.4. The van der Waals surface area contributed by atoms with Gasteiger partial charge < -0.3 is 14.8 Å². The Balaban J connectivity index is 1.90. The largest absolute Gasteiger partial charge is 0.449 e. The highest BCUT2D eigenvalue weighted by molar-refractivity contribution is 5.83. The second-order valence-electron chi connectivity index (χ2n) is 5.90. The number of anilines is 1. The number of rotatable bonds is 4. The van der Waals surface area contributed by atoms with Gasteiger partial charge in [-0.2, -0.15) is 13.2 Å². The number of carbonyl (C=O) groups excluding carboxylic acids is 1. The van der Waals surface area contributed by atoms with E-state index in [1.165, 1.54) is 6.33 Å². The van der Waals surface area contributed by atoms with Crippen LogP contribution in [0.15, 0.2) is 6.33 Å². The van der Waals surface area contributed by atoms with Crippen LogP contribution in [0.4, 0.5) is 19.0 Å². The van der Waals surface area contributed by atoms with Crippen molar-refractivity contribution in [1.82, 2.24) is 24.4 Å². The Kier molecular flexibility index (Phi) is 4.53. The summed E-state index contributed by atoms with van der Waals surface area (Å²) in [5, 5.41) is 3.12. The SMILES string of the molecule is CCC(=O)N1CCC(Nc2ncnc3c2nc(C(F)(F)F)n3CC)C1. The van der Waals surface area contributed by atoms with Crippen molar-refractivity contribution in [1.29, 1.82) is 0 Å². The first kappa shape index (κ1) is 17.4. The van der Waals surface area contributed by atoms with Crippen molar-refractivity contribution in [2.75, 3.05) is 18.4 Å². The predicted molar refractivity (Wildman–Crippen MR) is 84.9 cm³/mol. The number of halogens is 3. The van der Waals surface area contributed by atoms with Gasteiger partial charge in [0.15, 0.2) is 17.0 Å². The maximum atomic E-state index is 13.2. The standard InChI is InChI=1S/C15H19F3N6O/c1-3-10(25)23-6-5-9(7-23)21-12-11-13(20-8-19-12)24(4-2)14(22-11)15(16,17)18/h8-9H,3-7H2,1-2H3,(H,19,20,21). The molecule has 1 unspecified atom stereocenters. The number of amides is 1. The van der Waals surface area contributed by atoms with Gasteiger partial charge in [-0.05, 0) is 13.3 Å². The number of hydrogen-bond donors (Lipinski definition) is 1. The Morgan fingerprint density at radius 1 is 1.36 bits per heavy atom. The van der Waals surface area contributed by atoms with Gasteiger partial charge in [0.2, 0.25) is 11.7 Å². The smallest absolute Gasteiger partial charge is 0.364 e. The minimum Gasteiger partial charge on any atom is -0.364 e. The molecule has 1 atom stereocenters. The van der Waals surface area contributed by atoms with Crippen molar-refractivity contribution >= 4 is 22.9 Å². The third kappa shape index (κ3) is 3.24. The zero-order chi connectivity index (χ0) is 18.2. The molecule has 3 heterocycles. The molecular formula is C15H19F3N6O. The predicted octanol–water partition coefficient (Wildman–Crippen LogP) is 2.29. The lowest BCUT2D eigenvalue weighted by molar-refractivity contribution is -0.146. The van der Waals surface area contributed by atoms with Crippen molar-refractivity contribution in [2.24, 2.45) is 0 Å². The number of carbonyl (C=O) groups is 1. The normalized spacial score (nSPS) is 18.1. The Hall–Kier alpha value is -2.39. The van der Waals surface area contributed by atoms with Gasteiger partial charge in [0, 0.05) is 32.1 Å². The maximum absolute atomic E-state index is 13.2. The molecule has 1 N–H and O–H groups in total. The lowest BCUT2D eigenvalue weighted by Gasteiger charge is -2.16. The van der Waals surface area contributed by atoms with E-state index in [0.717, 1.165) is 4.57 Å². The van der Waals surface area contributed by atoms with E-state index >= 15 is 0 Å². The van der Waals surface area contributed by atoms with Gasteiger partial charge in [0.25, 0.3) is 0 Å². The van der Waals surface area contributed by atoms with Crippen molar-refractivity contribution < 1.29 is 18.0 Å². The number of nitrogens with one attached hydrogen (secondary N) is 1. The van der Waals surface area contributed by atoms with Gasteiger partial charge in [-0.1, -0.05) is 6.92 Å². The maximum Gasteiger partial charge on any atom is 0.449 e. The van der Waals surface area contributed by atoms with Crippen LogP contribution in [0, 0.1) is 0 Å². The zero-order valence-electron chi connectivity index (χ0n) is 14.0. The Labute approximate surface area is 142 Å². The molecular weight excluding hydrogens is 337 g/mol. The summed E-state index contributed by atoms with van der Waals surface area (Å²) >= 11 is 0. The molecule has 25 heavy (non-hydrogen) atoms. The Morgan fingerprint density at radius 2 is 2.12 bits per heavy atom. The fraction of sp³-hybridized carbons (Fsp3) is 0.600. The summed E-state index contributed by atoms with van der Waals surface area (Å²) in [6, 6.07) is -0.0743. The second kappa shape index (κ2) is 6.49. The number of imidazole rings is 1. The molecule has 0 radical (unpaired) electrons. The molecule has 0 bridgehead atoms. The quantitative estimate of drug-likeness (QED) is 0.910. The molecule has 1 saturated heterocycles. The highest BCUT2D eigenvalue weighted by Gasteiger charge is 2.38.